The highest BCUT2D eigenvalue weighted by Crippen LogP contribution is 2.31. The fraction of sp³-hybridized carbons (Fsp3) is 0.368. The van der Waals surface area contributed by atoms with E-state index in [1.165, 1.54) is 0 Å². The van der Waals surface area contributed by atoms with Crippen LogP contribution >= 0.6 is 15.9 Å². The molecule has 0 aliphatic rings. The third-order valence-electron chi connectivity index (χ3n) is 4.19. The van der Waals surface area contributed by atoms with E-state index in [-0.39, 0.29) is 0 Å². The van der Waals surface area contributed by atoms with E-state index in [1.807, 2.05) is 24.3 Å². The van der Waals surface area contributed by atoms with Crippen LogP contribution in [-0.2, 0) is 11.5 Å². The highest BCUT2D eigenvalue weighted by molar-refractivity contribution is 9.10. The SMILES string of the molecule is COc1ccc2nc(-c3ccncc3Br)n(COCC[Si](C)(C)C)c2c1. The molecule has 0 saturated carbocycles. The van der Waals surface area contributed by atoms with Gasteiger partial charge in [0.1, 0.15) is 18.3 Å². The molecule has 0 amide bonds. The standard InChI is InChI=1S/C19H24BrN3O2Si/c1-24-14-5-6-17-18(11-14)23(13-25-9-10-26(2,3)4)19(22-17)15-7-8-21-12-16(15)20/h5-8,11-12H,9-10,13H2,1-4H3. The molecule has 3 rings (SSSR count). The summed E-state index contributed by atoms with van der Waals surface area (Å²) in [6.45, 7) is 8.28. The molecule has 0 bridgehead atoms. The van der Waals surface area contributed by atoms with Crippen molar-refractivity contribution in [1.82, 2.24) is 14.5 Å². The summed E-state index contributed by atoms with van der Waals surface area (Å²) < 4.78 is 14.4. The lowest BCUT2D eigenvalue weighted by Gasteiger charge is -2.16. The first-order valence-electron chi connectivity index (χ1n) is 8.61. The molecule has 0 atom stereocenters. The Balaban J connectivity index is 1.99. The van der Waals surface area contributed by atoms with Gasteiger partial charge in [-0.3, -0.25) is 9.55 Å². The minimum Gasteiger partial charge on any atom is -0.497 e. The van der Waals surface area contributed by atoms with Crippen LogP contribution in [0.25, 0.3) is 22.4 Å². The zero-order valence-electron chi connectivity index (χ0n) is 15.6. The Kier molecular flexibility index (Phi) is 5.79. The quantitative estimate of drug-likeness (QED) is 0.380. The molecule has 2 aromatic heterocycles. The third kappa shape index (κ3) is 4.34. The van der Waals surface area contributed by atoms with Crippen LogP contribution in [0.15, 0.2) is 41.1 Å². The molecule has 0 N–H and O–H groups in total. The van der Waals surface area contributed by atoms with Gasteiger partial charge in [0.15, 0.2) is 0 Å². The predicted molar refractivity (Wildman–Crippen MR) is 111 cm³/mol. The molecule has 5 nitrogen and oxygen atoms in total. The van der Waals surface area contributed by atoms with E-state index in [0.29, 0.717) is 6.73 Å². The number of hydrogen-bond donors (Lipinski definition) is 0. The Morgan fingerprint density at radius 2 is 2.00 bits per heavy atom. The first-order chi connectivity index (χ1) is 12.4. The summed E-state index contributed by atoms with van der Waals surface area (Å²) in [5.41, 5.74) is 2.90. The van der Waals surface area contributed by atoms with Crippen molar-refractivity contribution in [3.63, 3.8) is 0 Å². The molecule has 1 aromatic carbocycles. The van der Waals surface area contributed by atoms with E-state index in [0.717, 1.165) is 45.3 Å². The molecular formula is C19H24BrN3O2Si. The summed E-state index contributed by atoms with van der Waals surface area (Å²) in [4.78, 5) is 8.98. The molecule has 3 aromatic rings. The Morgan fingerprint density at radius 1 is 1.19 bits per heavy atom. The lowest BCUT2D eigenvalue weighted by atomic mass is 10.2. The second kappa shape index (κ2) is 7.90. The number of aromatic nitrogens is 3. The number of rotatable bonds is 7. The molecule has 0 aliphatic carbocycles. The molecule has 0 radical (unpaired) electrons. The number of hydrogen-bond acceptors (Lipinski definition) is 4. The Labute approximate surface area is 163 Å². The zero-order chi connectivity index (χ0) is 18.7. The molecule has 0 aliphatic heterocycles. The topological polar surface area (TPSA) is 49.2 Å². The fourth-order valence-corrected chi connectivity index (χ4v) is 3.84. The van der Waals surface area contributed by atoms with Gasteiger partial charge in [-0.1, -0.05) is 19.6 Å². The summed E-state index contributed by atoms with van der Waals surface area (Å²) in [5, 5.41) is 0. The lowest BCUT2D eigenvalue weighted by Crippen LogP contribution is -2.22. The van der Waals surface area contributed by atoms with E-state index in [1.54, 1.807) is 19.5 Å². The minimum atomic E-state index is -1.12. The molecule has 26 heavy (non-hydrogen) atoms. The van der Waals surface area contributed by atoms with E-state index in [9.17, 15) is 0 Å². The van der Waals surface area contributed by atoms with Crippen LogP contribution in [0.2, 0.25) is 25.7 Å². The van der Waals surface area contributed by atoms with Crippen LogP contribution in [0, 0.1) is 0 Å². The molecule has 2 heterocycles. The Hall–Kier alpha value is -1.70. The van der Waals surface area contributed by atoms with Crippen LogP contribution in [0.4, 0.5) is 0 Å². The fourth-order valence-electron chi connectivity index (χ4n) is 2.66. The molecule has 7 heteroatoms. The van der Waals surface area contributed by atoms with Gasteiger partial charge >= 0.3 is 0 Å². The van der Waals surface area contributed by atoms with E-state index in [4.69, 9.17) is 14.5 Å². The number of halogens is 1. The molecule has 0 saturated heterocycles. The number of nitrogens with zero attached hydrogens (tertiary/aromatic N) is 3. The molecule has 0 unspecified atom stereocenters. The largest absolute Gasteiger partial charge is 0.497 e. The number of pyridine rings is 1. The smallest absolute Gasteiger partial charge is 0.144 e. The molecule has 138 valence electrons. The lowest BCUT2D eigenvalue weighted by molar-refractivity contribution is 0.0909. The van der Waals surface area contributed by atoms with Gasteiger partial charge < -0.3 is 9.47 Å². The van der Waals surface area contributed by atoms with Crippen molar-refractivity contribution < 1.29 is 9.47 Å². The molecular weight excluding hydrogens is 410 g/mol. The number of fused-ring (bicyclic) bond motifs is 1. The van der Waals surface area contributed by atoms with E-state index >= 15 is 0 Å². The summed E-state index contributed by atoms with van der Waals surface area (Å²) in [5.74, 6) is 1.66. The number of methoxy groups -OCH3 is 1. The van der Waals surface area contributed by atoms with Crippen molar-refractivity contribution in [1.29, 1.82) is 0 Å². The number of benzene rings is 1. The predicted octanol–water partition coefficient (Wildman–Crippen LogP) is 5.18. The summed E-state index contributed by atoms with van der Waals surface area (Å²) in [6.07, 6.45) is 3.56. The highest BCUT2D eigenvalue weighted by atomic mass is 79.9. The van der Waals surface area contributed by atoms with Gasteiger partial charge in [-0.05, 0) is 40.2 Å². The molecule has 0 fully saturated rings. The van der Waals surface area contributed by atoms with Crippen LogP contribution in [-0.4, -0.2) is 36.3 Å². The van der Waals surface area contributed by atoms with Gasteiger partial charge in [-0.15, -0.1) is 0 Å². The van der Waals surface area contributed by atoms with Crippen molar-refractivity contribution in [2.75, 3.05) is 13.7 Å². The minimum absolute atomic E-state index is 0.457. The van der Waals surface area contributed by atoms with E-state index < -0.39 is 8.07 Å². The van der Waals surface area contributed by atoms with E-state index in [2.05, 4.69) is 45.1 Å². The summed E-state index contributed by atoms with van der Waals surface area (Å²) in [6, 6.07) is 9.00. The normalized spacial score (nSPS) is 11.9. The maximum absolute atomic E-state index is 6.02. The monoisotopic (exact) mass is 433 g/mol. The van der Waals surface area contributed by atoms with Gasteiger partial charge in [0.2, 0.25) is 0 Å². The van der Waals surface area contributed by atoms with Gasteiger partial charge in [0.05, 0.1) is 18.1 Å². The number of imidazole rings is 1. The van der Waals surface area contributed by atoms with Gasteiger partial charge in [0.25, 0.3) is 0 Å². The second-order valence-corrected chi connectivity index (χ2v) is 13.9. The second-order valence-electron chi connectivity index (χ2n) is 7.42. The van der Waals surface area contributed by atoms with Gasteiger partial charge in [0, 0.05) is 43.2 Å². The summed E-state index contributed by atoms with van der Waals surface area (Å²) in [7, 11) is 0.554. The highest BCUT2D eigenvalue weighted by Gasteiger charge is 2.17. The number of ether oxygens (including phenoxy) is 2. The summed E-state index contributed by atoms with van der Waals surface area (Å²) >= 11 is 3.58. The van der Waals surface area contributed by atoms with Crippen molar-refractivity contribution in [3.8, 4) is 17.1 Å². The average molecular weight is 434 g/mol. The average Bonchev–Trinajstić information content (AvgIpc) is 2.95. The maximum atomic E-state index is 6.02. The van der Waals surface area contributed by atoms with Crippen LogP contribution in [0.3, 0.4) is 0 Å². The van der Waals surface area contributed by atoms with Crippen LogP contribution < -0.4 is 4.74 Å². The van der Waals surface area contributed by atoms with Gasteiger partial charge in [-0.25, -0.2) is 4.98 Å². The molecule has 0 spiro atoms. The van der Waals surface area contributed by atoms with Crippen molar-refractivity contribution in [3.05, 3.63) is 41.1 Å². The van der Waals surface area contributed by atoms with Crippen molar-refractivity contribution in [2.45, 2.75) is 32.4 Å². The van der Waals surface area contributed by atoms with Crippen molar-refractivity contribution in [2.24, 2.45) is 0 Å². The Morgan fingerprint density at radius 3 is 2.69 bits per heavy atom. The zero-order valence-corrected chi connectivity index (χ0v) is 18.2. The van der Waals surface area contributed by atoms with Gasteiger partial charge in [-0.2, -0.15) is 0 Å². The van der Waals surface area contributed by atoms with Crippen molar-refractivity contribution >= 4 is 35.0 Å². The maximum Gasteiger partial charge on any atom is 0.144 e. The Bertz CT molecular complexity index is 905. The third-order valence-corrected chi connectivity index (χ3v) is 6.52. The first-order valence-corrected chi connectivity index (χ1v) is 13.1. The van der Waals surface area contributed by atoms with Crippen LogP contribution in [0.1, 0.15) is 0 Å². The van der Waals surface area contributed by atoms with Crippen LogP contribution in [0.5, 0.6) is 5.75 Å². The first kappa shape index (κ1) is 19.1.